The number of aromatic nitrogens is 4. The summed E-state index contributed by atoms with van der Waals surface area (Å²) >= 11 is 0. The molecule has 1 atom stereocenters. The minimum absolute atomic E-state index is 0.205. The summed E-state index contributed by atoms with van der Waals surface area (Å²) < 4.78 is 1.66. The van der Waals surface area contributed by atoms with Gasteiger partial charge in [-0.2, -0.15) is 5.10 Å². The molecule has 1 saturated heterocycles. The van der Waals surface area contributed by atoms with Crippen molar-refractivity contribution >= 4 is 16.6 Å². The van der Waals surface area contributed by atoms with Crippen molar-refractivity contribution in [2.24, 2.45) is 0 Å². The van der Waals surface area contributed by atoms with E-state index in [-0.39, 0.29) is 5.69 Å². The van der Waals surface area contributed by atoms with E-state index in [4.69, 9.17) is 0 Å². The number of hydrogen-bond donors (Lipinski definition) is 2. The second kappa shape index (κ2) is 6.61. The number of nitrogens with one attached hydrogen (secondary N) is 2. The monoisotopic (exact) mass is 376 g/mol. The molecular weight excluding hydrogens is 352 g/mol. The predicted octanol–water partition coefficient (Wildman–Crippen LogP) is 2.31. The summed E-state index contributed by atoms with van der Waals surface area (Å²) in [5.41, 5.74) is 4.65. The first-order valence-corrected chi connectivity index (χ1v) is 9.65. The first-order valence-electron chi connectivity index (χ1n) is 9.65. The summed E-state index contributed by atoms with van der Waals surface area (Å²) in [5, 5.41) is 7.92. The molecule has 1 aliphatic rings. The van der Waals surface area contributed by atoms with Crippen LogP contribution in [-0.2, 0) is 6.54 Å². The van der Waals surface area contributed by atoms with E-state index in [2.05, 4.69) is 57.3 Å². The highest BCUT2D eigenvalue weighted by Crippen LogP contribution is 2.28. The summed E-state index contributed by atoms with van der Waals surface area (Å²) in [4.78, 5) is 20.4. The maximum absolute atomic E-state index is 12.4. The molecule has 1 aromatic carbocycles. The van der Waals surface area contributed by atoms with E-state index in [1.54, 1.807) is 4.40 Å². The molecule has 0 unspecified atom stereocenters. The molecular formula is C21H24N6O. The third-order valence-corrected chi connectivity index (χ3v) is 5.87. The third-order valence-electron chi connectivity index (χ3n) is 5.87. The molecule has 0 radical (unpaired) electrons. The molecule has 4 aromatic rings. The Morgan fingerprint density at radius 2 is 2.14 bits per heavy atom. The standard InChI is InChI=1S/C21H24N6O/c1-25(2)16-7-9-26(13-16)12-15-11-20-23-24-21(28)27(20)19-10-14(5-6-17(15)19)18-4-3-8-22-18/h3-6,8,10-11,16,22H,7,9,12-13H2,1-2H3,(H,24,28)/t16-/m1/s1. The molecule has 7 heteroatoms. The molecule has 0 aliphatic carbocycles. The number of nitrogens with zero attached hydrogens (tertiary/aromatic N) is 4. The van der Waals surface area contributed by atoms with E-state index in [1.807, 2.05) is 24.4 Å². The van der Waals surface area contributed by atoms with Crippen LogP contribution in [0.1, 0.15) is 12.0 Å². The lowest BCUT2D eigenvalue weighted by Gasteiger charge is -2.21. The van der Waals surface area contributed by atoms with Crippen LogP contribution in [-0.4, -0.2) is 62.6 Å². The number of benzene rings is 1. The van der Waals surface area contributed by atoms with Crippen LogP contribution < -0.4 is 5.69 Å². The Labute approximate surface area is 162 Å². The number of likely N-dealkylation sites (N-methyl/N-ethyl adjacent to an activating group) is 1. The fraction of sp³-hybridized carbons (Fsp3) is 0.333. The minimum Gasteiger partial charge on any atom is -0.361 e. The fourth-order valence-electron chi connectivity index (χ4n) is 4.29. The molecule has 0 saturated carbocycles. The minimum atomic E-state index is -0.205. The van der Waals surface area contributed by atoms with Crippen molar-refractivity contribution in [3.05, 3.63) is 58.6 Å². The highest BCUT2D eigenvalue weighted by molar-refractivity contribution is 5.89. The van der Waals surface area contributed by atoms with Crippen LogP contribution in [0.25, 0.3) is 27.8 Å². The van der Waals surface area contributed by atoms with Gasteiger partial charge in [-0.3, -0.25) is 4.90 Å². The first-order chi connectivity index (χ1) is 13.6. The van der Waals surface area contributed by atoms with E-state index in [1.165, 1.54) is 12.0 Å². The van der Waals surface area contributed by atoms with Crippen molar-refractivity contribution in [2.75, 3.05) is 27.2 Å². The molecule has 0 bridgehead atoms. The molecule has 1 fully saturated rings. The second-order valence-electron chi connectivity index (χ2n) is 7.85. The normalized spacial score (nSPS) is 18.0. The third kappa shape index (κ3) is 2.83. The van der Waals surface area contributed by atoms with E-state index < -0.39 is 0 Å². The van der Waals surface area contributed by atoms with Crippen molar-refractivity contribution in [1.29, 1.82) is 0 Å². The maximum Gasteiger partial charge on any atom is 0.348 e. The molecule has 1 aliphatic heterocycles. The summed E-state index contributed by atoms with van der Waals surface area (Å²) in [6, 6.07) is 13.0. The van der Waals surface area contributed by atoms with Crippen molar-refractivity contribution < 1.29 is 0 Å². The number of aromatic amines is 2. The number of rotatable bonds is 4. The molecule has 4 heterocycles. The van der Waals surface area contributed by atoms with Gasteiger partial charge in [0.2, 0.25) is 0 Å². The van der Waals surface area contributed by atoms with Crippen LogP contribution in [0, 0.1) is 0 Å². The Hall–Kier alpha value is -2.90. The van der Waals surface area contributed by atoms with E-state index in [0.29, 0.717) is 11.7 Å². The summed E-state index contributed by atoms with van der Waals surface area (Å²) in [6.07, 6.45) is 3.09. The van der Waals surface area contributed by atoms with Gasteiger partial charge in [0.15, 0.2) is 5.65 Å². The van der Waals surface area contributed by atoms with Gasteiger partial charge in [0.1, 0.15) is 0 Å². The Balaban J connectivity index is 1.62. The molecule has 7 nitrogen and oxygen atoms in total. The Morgan fingerprint density at radius 1 is 1.25 bits per heavy atom. The van der Waals surface area contributed by atoms with Gasteiger partial charge in [0.05, 0.1) is 5.52 Å². The topological polar surface area (TPSA) is 72.4 Å². The predicted molar refractivity (Wildman–Crippen MR) is 110 cm³/mol. The number of H-pyrrole nitrogens is 2. The van der Waals surface area contributed by atoms with Crippen LogP contribution in [0.3, 0.4) is 0 Å². The molecule has 2 N–H and O–H groups in total. The van der Waals surface area contributed by atoms with Gasteiger partial charge < -0.3 is 9.88 Å². The Kier molecular flexibility index (Phi) is 4.07. The zero-order valence-corrected chi connectivity index (χ0v) is 16.1. The SMILES string of the molecule is CN(C)[C@@H]1CCN(Cc2cc3n[nH]c(=O)n3c3cc(-c4ccc[nH]4)ccc23)C1. The average Bonchev–Trinajstić information content (AvgIpc) is 3.43. The van der Waals surface area contributed by atoms with Crippen LogP contribution in [0.2, 0.25) is 0 Å². The lowest BCUT2D eigenvalue weighted by atomic mass is 10.0. The van der Waals surface area contributed by atoms with Gasteiger partial charge in [0, 0.05) is 48.5 Å². The van der Waals surface area contributed by atoms with Gasteiger partial charge in [-0.1, -0.05) is 12.1 Å². The number of likely N-dealkylation sites (tertiary alicyclic amines) is 1. The largest absolute Gasteiger partial charge is 0.361 e. The zero-order valence-electron chi connectivity index (χ0n) is 16.1. The number of hydrogen-bond acceptors (Lipinski definition) is 4. The fourth-order valence-corrected chi connectivity index (χ4v) is 4.29. The van der Waals surface area contributed by atoms with Gasteiger partial charge in [0.25, 0.3) is 0 Å². The maximum atomic E-state index is 12.4. The number of pyridine rings is 1. The van der Waals surface area contributed by atoms with E-state index in [0.717, 1.165) is 41.8 Å². The van der Waals surface area contributed by atoms with Gasteiger partial charge in [-0.15, -0.1) is 0 Å². The highest BCUT2D eigenvalue weighted by atomic mass is 16.1. The van der Waals surface area contributed by atoms with Crippen LogP contribution >= 0.6 is 0 Å². The average molecular weight is 376 g/mol. The lowest BCUT2D eigenvalue weighted by molar-refractivity contribution is 0.265. The molecule has 28 heavy (non-hydrogen) atoms. The van der Waals surface area contributed by atoms with Crippen molar-refractivity contribution in [2.45, 2.75) is 19.0 Å². The van der Waals surface area contributed by atoms with Gasteiger partial charge >= 0.3 is 5.69 Å². The Bertz CT molecular complexity index is 1190. The van der Waals surface area contributed by atoms with Gasteiger partial charge in [-0.05, 0) is 50.3 Å². The van der Waals surface area contributed by atoms with Crippen LogP contribution in [0.5, 0.6) is 0 Å². The van der Waals surface area contributed by atoms with Crippen LogP contribution in [0.15, 0.2) is 47.4 Å². The quantitative estimate of drug-likeness (QED) is 0.573. The second-order valence-corrected chi connectivity index (χ2v) is 7.85. The van der Waals surface area contributed by atoms with Crippen molar-refractivity contribution in [1.82, 2.24) is 29.4 Å². The molecule has 0 amide bonds. The zero-order chi connectivity index (χ0) is 19.3. The lowest BCUT2D eigenvalue weighted by Crippen LogP contribution is -2.31. The molecule has 5 rings (SSSR count). The first kappa shape index (κ1) is 17.2. The molecule has 144 valence electrons. The van der Waals surface area contributed by atoms with E-state index >= 15 is 0 Å². The summed E-state index contributed by atoms with van der Waals surface area (Å²) in [5.74, 6) is 0. The summed E-state index contributed by atoms with van der Waals surface area (Å²) in [6.45, 7) is 3.01. The Morgan fingerprint density at radius 3 is 2.89 bits per heavy atom. The molecule has 3 aromatic heterocycles. The van der Waals surface area contributed by atoms with Crippen molar-refractivity contribution in [3.8, 4) is 11.3 Å². The highest BCUT2D eigenvalue weighted by Gasteiger charge is 2.24. The molecule has 0 spiro atoms. The smallest absolute Gasteiger partial charge is 0.348 e. The summed E-state index contributed by atoms with van der Waals surface area (Å²) in [7, 11) is 4.29. The van der Waals surface area contributed by atoms with Crippen LogP contribution in [0.4, 0.5) is 0 Å². The van der Waals surface area contributed by atoms with Gasteiger partial charge in [-0.25, -0.2) is 14.3 Å². The van der Waals surface area contributed by atoms with Crippen molar-refractivity contribution in [3.63, 3.8) is 0 Å². The number of fused-ring (bicyclic) bond motifs is 3. The van der Waals surface area contributed by atoms with E-state index in [9.17, 15) is 4.79 Å².